The standard InChI is InChI=1S/C21H22N4O2/c1-14-10-23-24-20(14)16-8-9-25(13-16)12-15-6-7-19(22-11-15)17-4-2-3-5-18(17)21(26)27/h2-7,10-11,16H,8-9,12-13H2,1H3,(H,23,24)(H,26,27)/t16-/m1/s1. The lowest BCUT2D eigenvalue weighted by molar-refractivity contribution is 0.0697. The van der Waals surface area contributed by atoms with Crippen LogP contribution in [-0.4, -0.2) is 44.2 Å². The number of H-pyrrole nitrogens is 1. The van der Waals surface area contributed by atoms with Crippen LogP contribution in [0.15, 0.2) is 48.8 Å². The van der Waals surface area contributed by atoms with E-state index in [-0.39, 0.29) is 5.56 Å². The molecule has 27 heavy (non-hydrogen) atoms. The van der Waals surface area contributed by atoms with Gasteiger partial charge in [-0.15, -0.1) is 0 Å². The van der Waals surface area contributed by atoms with E-state index >= 15 is 0 Å². The minimum Gasteiger partial charge on any atom is -0.478 e. The number of hydrogen-bond donors (Lipinski definition) is 2. The average molecular weight is 362 g/mol. The fourth-order valence-corrected chi connectivity index (χ4v) is 3.81. The predicted octanol–water partition coefficient (Wildman–Crippen LogP) is 3.47. The maximum Gasteiger partial charge on any atom is 0.336 e. The van der Waals surface area contributed by atoms with Gasteiger partial charge in [0.2, 0.25) is 0 Å². The van der Waals surface area contributed by atoms with E-state index in [9.17, 15) is 9.90 Å². The second-order valence-electron chi connectivity index (χ2n) is 7.09. The number of carbonyl (C=O) groups is 1. The number of aromatic nitrogens is 3. The van der Waals surface area contributed by atoms with E-state index < -0.39 is 5.97 Å². The summed E-state index contributed by atoms with van der Waals surface area (Å²) in [5.74, 6) is -0.434. The van der Waals surface area contributed by atoms with Gasteiger partial charge in [-0.2, -0.15) is 5.10 Å². The second-order valence-corrected chi connectivity index (χ2v) is 7.09. The van der Waals surface area contributed by atoms with E-state index in [0.29, 0.717) is 17.2 Å². The number of hydrogen-bond acceptors (Lipinski definition) is 4. The van der Waals surface area contributed by atoms with Crippen LogP contribution in [0.3, 0.4) is 0 Å². The third kappa shape index (κ3) is 3.61. The summed E-state index contributed by atoms with van der Waals surface area (Å²) >= 11 is 0. The summed E-state index contributed by atoms with van der Waals surface area (Å²) in [6.07, 6.45) is 4.86. The SMILES string of the molecule is Cc1cn[nH]c1[C@@H]1CCN(Cc2ccc(-c3ccccc3C(=O)O)nc2)C1. The highest BCUT2D eigenvalue weighted by molar-refractivity contribution is 5.95. The van der Waals surface area contributed by atoms with Gasteiger partial charge in [0.25, 0.3) is 0 Å². The molecule has 1 saturated heterocycles. The number of pyridine rings is 1. The average Bonchev–Trinajstić information content (AvgIpc) is 3.31. The van der Waals surface area contributed by atoms with Gasteiger partial charge < -0.3 is 5.11 Å². The molecule has 1 aliphatic rings. The minimum absolute atomic E-state index is 0.273. The van der Waals surface area contributed by atoms with E-state index in [1.54, 1.807) is 18.2 Å². The van der Waals surface area contributed by atoms with Gasteiger partial charge in [-0.3, -0.25) is 15.0 Å². The summed E-state index contributed by atoms with van der Waals surface area (Å²) in [7, 11) is 0. The molecule has 1 atom stereocenters. The van der Waals surface area contributed by atoms with Gasteiger partial charge in [-0.25, -0.2) is 4.79 Å². The molecule has 2 N–H and O–H groups in total. The summed E-state index contributed by atoms with van der Waals surface area (Å²) in [6, 6.07) is 10.9. The summed E-state index contributed by atoms with van der Waals surface area (Å²) in [5, 5.41) is 16.6. The molecule has 1 aliphatic heterocycles. The number of carboxylic acids is 1. The van der Waals surface area contributed by atoms with Crippen molar-refractivity contribution < 1.29 is 9.90 Å². The van der Waals surface area contributed by atoms with Gasteiger partial charge >= 0.3 is 5.97 Å². The van der Waals surface area contributed by atoms with Crippen LogP contribution in [0, 0.1) is 6.92 Å². The Balaban J connectivity index is 1.45. The molecule has 0 aliphatic carbocycles. The van der Waals surface area contributed by atoms with Crippen LogP contribution in [0.5, 0.6) is 0 Å². The van der Waals surface area contributed by atoms with Crippen LogP contribution in [0.1, 0.15) is 39.5 Å². The first-order valence-corrected chi connectivity index (χ1v) is 9.11. The molecule has 138 valence electrons. The fraction of sp³-hybridized carbons (Fsp3) is 0.286. The van der Waals surface area contributed by atoms with Gasteiger partial charge in [0, 0.05) is 36.5 Å². The molecule has 0 unspecified atom stereocenters. The van der Waals surface area contributed by atoms with E-state index in [1.165, 1.54) is 11.3 Å². The molecule has 0 spiro atoms. The first kappa shape index (κ1) is 17.4. The van der Waals surface area contributed by atoms with E-state index in [4.69, 9.17) is 0 Å². The first-order valence-electron chi connectivity index (χ1n) is 9.11. The smallest absolute Gasteiger partial charge is 0.336 e. The van der Waals surface area contributed by atoms with Gasteiger partial charge in [-0.1, -0.05) is 24.3 Å². The Hall–Kier alpha value is -2.99. The Morgan fingerprint density at radius 2 is 2.11 bits per heavy atom. The monoisotopic (exact) mass is 362 g/mol. The lowest BCUT2D eigenvalue weighted by atomic mass is 10.0. The molecule has 0 bridgehead atoms. The molecule has 3 aromatic rings. The van der Waals surface area contributed by atoms with E-state index in [2.05, 4.69) is 27.0 Å². The summed E-state index contributed by atoms with van der Waals surface area (Å²) < 4.78 is 0. The number of likely N-dealkylation sites (tertiary alicyclic amines) is 1. The molecule has 3 heterocycles. The number of aromatic carboxylic acids is 1. The van der Waals surface area contributed by atoms with Crippen molar-refractivity contribution in [2.75, 3.05) is 13.1 Å². The van der Waals surface area contributed by atoms with Crippen LogP contribution in [0.4, 0.5) is 0 Å². The number of nitrogens with zero attached hydrogens (tertiary/aromatic N) is 3. The fourth-order valence-electron chi connectivity index (χ4n) is 3.81. The normalized spacial score (nSPS) is 17.3. The zero-order chi connectivity index (χ0) is 18.8. The zero-order valence-corrected chi connectivity index (χ0v) is 15.2. The van der Waals surface area contributed by atoms with Crippen LogP contribution in [-0.2, 0) is 6.54 Å². The second kappa shape index (κ2) is 7.32. The van der Waals surface area contributed by atoms with Gasteiger partial charge in [0.05, 0.1) is 17.5 Å². The molecule has 1 fully saturated rings. The Labute approximate surface area is 157 Å². The first-order chi connectivity index (χ1) is 13.1. The van der Waals surface area contributed by atoms with E-state index in [1.807, 2.05) is 30.6 Å². The molecule has 6 nitrogen and oxygen atoms in total. The van der Waals surface area contributed by atoms with Crippen LogP contribution < -0.4 is 0 Å². The number of aromatic amines is 1. The molecule has 0 amide bonds. The number of rotatable bonds is 5. The van der Waals surface area contributed by atoms with Crippen molar-refractivity contribution in [2.24, 2.45) is 0 Å². The highest BCUT2D eigenvalue weighted by atomic mass is 16.4. The Kier molecular flexibility index (Phi) is 4.73. The largest absolute Gasteiger partial charge is 0.478 e. The quantitative estimate of drug-likeness (QED) is 0.726. The Bertz CT molecular complexity index is 949. The zero-order valence-electron chi connectivity index (χ0n) is 15.2. The number of aryl methyl sites for hydroxylation is 1. The lowest BCUT2D eigenvalue weighted by Crippen LogP contribution is -2.20. The highest BCUT2D eigenvalue weighted by Gasteiger charge is 2.26. The number of carboxylic acid groups (broad SMARTS) is 1. The van der Waals surface area contributed by atoms with Crippen molar-refractivity contribution in [3.05, 3.63) is 71.2 Å². The minimum atomic E-state index is -0.936. The predicted molar refractivity (Wildman–Crippen MR) is 103 cm³/mol. The van der Waals surface area contributed by atoms with Crippen LogP contribution in [0.2, 0.25) is 0 Å². The van der Waals surface area contributed by atoms with Crippen molar-refractivity contribution in [1.29, 1.82) is 0 Å². The molecule has 0 radical (unpaired) electrons. The van der Waals surface area contributed by atoms with E-state index in [0.717, 1.165) is 31.6 Å². The summed E-state index contributed by atoms with van der Waals surface area (Å²) in [4.78, 5) is 18.3. The summed E-state index contributed by atoms with van der Waals surface area (Å²) in [5.41, 5.74) is 5.21. The number of nitrogens with one attached hydrogen (secondary N) is 1. The number of benzene rings is 1. The molecule has 1 aromatic carbocycles. The van der Waals surface area contributed by atoms with Crippen molar-refractivity contribution >= 4 is 5.97 Å². The topological polar surface area (TPSA) is 82.1 Å². The molecule has 2 aromatic heterocycles. The molecule has 4 rings (SSSR count). The van der Waals surface area contributed by atoms with Gasteiger partial charge in [0.15, 0.2) is 0 Å². The van der Waals surface area contributed by atoms with Crippen LogP contribution >= 0.6 is 0 Å². The third-order valence-electron chi connectivity index (χ3n) is 5.21. The van der Waals surface area contributed by atoms with Crippen molar-refractivity contribution in [3.63, 3.8) is 0 Å². The maximum atomic E-state index is 11.4. The van der Waals surface area contributed by atoms with Crippen molar-refractivity contribution in [3.8, 4) is 11.3 Å². The Morgan fingerprint density at radius 1 is 1.26 bits per heavy atom. The van der Waals surface area contributed by atoms with Gasteiger partial charge in [-0.05, 0) is 43.1 Å². The molecular weight excluding hydrogens is 340 g/mol. The summed E-state index contributed by atoms with van der Waals surface area (Å²) in [6.45, 7) is 5.00. The van der Waals surface area contributed by atoms with Gasteiger partial charge in [0.1, 0.15) is 0 Å². The van der Waals surface area contributed by atoms with Crippen molar-refractivity contribution in [2.45, 2.75) is 25.8 Å². The highest BCUT2D eigenvalue weighted by Crippen LogP contribution is 2.29. The molecule has 0 saturated carbocycles. The molecular formula is C21H22N4O2. The maximum absolute atomic E-state index is 11.4. The molecule has 6 heteroatoms. The Morgan fingerprint density at radius 3 is 2.81 bits per heavy atom. The van der Waals surface area contributed by atoms with Crippen LogP contribution in [0.25, 0.3) is 11.3 Å². The third-order valence-corrected chi connectivity index (χ3v) is 5.21. The van der Waals surface area contributed by atoms with Crippen molar-refractivity contribution in [1.82, 2.24) is 20.1 Å². The lowest BCUT2D eigenvalue weighted by Gasteiger charge is -2.16.